The molecule has 0 radical (unpaired) electrons. The first-order valence-corrected chi connectivity index (χ1v) is 15.4. The highest BCUT2D eigenvalue weighted by atomic mass is 32.2. The monoisotopic (exact) mass is 611 g/mol. The summed E-state index contributed by atoms with van der Waals surface area (Å²) in [6, 6.07) is 10.2. The average Bonchev–Trinajstić information content (AvgIpc) is 2.97. The van der Waals surface area contributed by atoms with Gasteiger partial charge in [-0.3, -0.25) is 9.00 Å². The van der Waals surface area contributed by atoms with Crippen LogP contribution in [0.2, 0.25) is 0 Å². The Kier molecular flexibility index (Phi) is 9.63. The number of hydrogen-bond acceptors (Lipinski definition) is 8. The van der Waals surface area contributed by atoms with Gasteiger partial charge in [-0.25, -0.2) is 13.8 Å². The molecule has 1 atom stereocenters. The van der Waals surface area contributed by atoms with Crippen LogP contribution in [0.25, 0.3) is 0 Å². The molecule has 0 bridgehead atoms. The van der Waals surface area contributed by atoms with Crippen molar-refractivity contribution in [1.82, 2.24) is 9.88 Å². The van der Waals surface area contributed by atoms with E-state index in [1.54, 1.807) is 6.07 Å². The van der Waals surface area contributed by atoms with E-state index in [2.05, 4.69) is 32.1 Å². The maximum Gasteiger partial charge on any atom is 0.281 e. The lowest BCUT2D eigenvalue weighted by atomic mass is 10.1. The van der Waals surface area contributed by atoms with Crippen LogP contribution in [0.1, 0.15) is 34.3 Å². The standard InChI is InChI=1S/C30H35F2N7O3S/c1-38-6-8-39(9-7-38)23-2-3-25(27(15-23)36-22-4-10-42-11-5-22)30(40)37-29(34)26-16-24(17-35-28(26)33)43(41)18-19-12-20(31)14-21(32)13-19/h2-3,12-17,22,36H,4-11,18H2,1H3,(H2,33,35)(H2,34,37,40). The number of aromatic nitrogens is 1. The van der Waals surface area contributed by atoms with Gasteiger partial charge in [0, 0.05) is 69.1 Å². The van der Waals surface area contributed by atoms with Crippen molar-refractivity contribution in [3.63, 3.8) is 0 Å². The van der Waals surface area contributed by atoms with Gasteiger partial charge in [0.25, 0.3) is 5.91 Å². The number of carbonyl (C=O) groups is 1. The van der Waals surface area contributed by atoms with Gasteiger partial charge in [-0.2, -0.15) is 4.99 Å². The molecule has 43 heavy (non-hydrogen) atoms. The van der Waals surface area contributed by atoms with E-state index < -0.39 is 28.3 Å². The number of amides is 1. The number of piperazine rings is 1. The molecule has 3 aromatic rings. The van der Waals surface area contributed by atoms with Crippen molar-refractivity contribution < 1.29 is 22.5 Å². The van der Waals surface area contributed by atoms with E-state index in [-0.39, 0.29) is 39.5 Å². The number of nitrogens with zero attached hydrogens (tertiary/aromatic N) is 4. The number of anilines is 3. The van der Waals surface area contributed by atoms with Crippen molar-refractivity contribution >= 4 is 39.7 Å². The minimum Gasteiger partial charge on any atom is -0.383 e. The second-order valence-electron chi connectivity index (χ2n) is 10.7. The van der Waals surface area contributed by atoms with E-state index in [4.69, 9.17) is 16.2 Å². The number of ether oxygens (including phenoxy) is 1. The van der Waals surface area contributed by atoms with Crippen molar-refractivity contribution in [2.45, 2.75) is 29.5 Å². The quantitative estimate of drug-likeness (QED) is 0.259. The van der Waals surface area contributed by atoms with Crippen LogP contribution < -0.4 is 21.7 Å². The summed E-state index contributed by atoms with van der Waals surface area (Å²) in [6.45, 7) is 4.93. The zero-order valence-corrected chi connectivity index (χ0v) is 24.7. The molecule has 2 fully saturated rings. The first-order valence-electron chi connectivity index (χ1n) is 14.1. The van der Waals surface area contributed by atoms with E-state index >= 15 is 0 Å². The topological polar surface area (TPSA) is 139 Å². The van der Waals surface area contributed by atoms with Crippen LogP contribution in [0.3, 0.4) is 0 Å². The molecular formula is C30H35F2N7O3S. The van der Waals surface area contributed by atoms with Crippen molar-refractivity contribution in [2.24, 2.45) is 10.7 Å². The van der Waals surface area contributed by atoms with E-state index in [1.165, 1.54) is 12.3 Å². The molecule has 13 heteroatoms. The summed E-state index contributed by atoms with van der Waals surface area (Å²) in [5.74, 6) is -2.45. The van der Waals surface area contributed by atoms with E-state index in [1.807, 2.05) is 12.1 Å². The molecule has 3 heterocycles. The molecule has 1 aromatic heterocycles. The smallest absolute Gasteiger partial charge is 0.281 e. The second-order valence-corrected chi connectivity index (χ2v) is 12.2. The van der Waals surface area contributed by atoms with Gasteiger partial charge >= 0.3 is 0 Å². The van der Waals surface area contributed by atoms with Crippen LogP contribution in [0.15, 0.2) is 58.5 Å². The molecule has 2 saturated heterocycles. The minimum absolute atomic E-state index is 0.00225. The molecule has 1 unspecified atom stereocenters. The van der Waals surface area contributed by atoms with Gasteiger partial charge in [0.15, 0.2) is 0 Å². The third kappa shape index (κ3) is 7.72. The summed E-state index contributed by atoms with van der Waals surface area (Å²) in [6.07, 6.45) is 2.92. The molecule has 2 aliphatic heterocycles. The van der Waals surface area contributed by atoms with Crippen LogP contribution in [-0.4, -0.2) is 78.3 Å². The summed E-state index contributed by atoms with van der Waals surface area (Å²) < 4.78 is 45.7. The van der Waals surface area contributed by atoms with Crippen LogP contribution in [-0.2, 0) is 21.3 Å². The number of likely N-dealkylation sites (N-methyl/N-ethyl adjacent to an activating group) is 1. The molecule has 10 nitrogen and oxygen atoms in total. The Balaban J connectivity index is 1.40. The van der Waals surface area contributed by atoms with Crippen LogP contribution in [0.4, 0.5) is 26.0 Å². The Hall–Kier alpha value is -3.94. The molecule has 2 aliphatic rings. The average molecular weight is 612 g/mol. The fourth-order valence-electron chi connectivity index (χ4n) is 5.11. The summed E-state index contributed by atoms with van der Waals surface area (Å²) in [5, 5.41) is 3.52. The zero-order valence-electron chi connectivity index (χ0n) is 23.9. The predicted molar refractivity (Wildman–Crippen MR) is 164 cm³/mol. The van der Waals surface area contributed by atoms with Crippen molar-refractivity contribution in [1.29, 1.82) is 0 Å². The first kappa shape index (κ1) is 30.5. The first-order chi connectivity index (χ1) is 20.7. The largest absolute Gasteiger partial charge is 0.383 e. The maximum absolute atomic E-state index is 13.6. The molecule has 228 valence electrons. The Labute approximate surface area is 251 Å². The molecule has 5 rings (SSSR count). The number of carbonyl (C=O) groups excluding carboxylic acids is 1. The van der Waals surface area contributed by atoms with E-state index in [9.17, 15) is 17.8 Å². The predicted octanol–water partition coefficient (Wildman–Crippen LogP) is 3.14. The number of rotatable bonds is 8. The molecule has 5 N–H and O–H groups in total. The van der Waals surface area contributed by atoms with Crippen molar-refractivity contribution in [3.05, 3.63) is 77.0 Å². The van der Waals surface area contributed by atoms with Gasteiger partial charge in [-0.1, -0.05) is 0 Å². The number of nitrogens with two attached hydrogens (primary N) is 2. The third-order valence-electron chi connectivity index (χ3n) is 7.56. The van der Waals surface area contributed by atoms with E-state index in [0.717, 1.165) is 62.9 Å². The molecule has 0 aliphatic carbocycles. The lowest BCUT2D eigenvalue weighted by Gasteiger charge is -2.34. The van der Waals surface area contributed by atoms with Crippen LogP contribution in [0.5, 0.6) is 0 Å². The van der Waals surface area contributed by atoms with Crippen molar-refractivity contribution in [2.75, 3.05) is 62.4 Å². The van der Waals surface area contributed by atoms with Crippen LogP contribution >= 0.6 is 0 Å². The zero-order chi connectivity index (χ0) is 30.5. The lowest BCUT2D eigenvalue weighted by Crippen LogP contribution is -2.44. The number of pyridine rings is 1. The van der Waals surface area contributed by atoms with Gasteiger partial charge in [0.05, 0.1) is 32.6 Å². The lowest BCUT2D eigenvalue weighted by molar-refractivity contribution is 0.0904. The number of hydrogen-bond donors (Lipinski definition) is 3. The Morgan fingerprint density at radius 1 is 1.07 bits per heavy atom. The summed E-state index contributed by atoms with van der Waals surface area (Å²) in [4.78, 5) is 26.5. The molecule has 2 aromatic carbocycles. The fraction of sp³-hybridized carbons (Fsp3) is 0.367. The minimum atomic E-state index is -1.73. The Morgan fingerprint density at radius 2 is 1.77 bits per heavy atom. The van der Waals surface area contributed by atoms with Crippen LogP contribution in [0, 0.1) is 11.6 Å². The van der Waals surface area contributed by atoms with Gasteiger partial charge in [-0.05, 0) is 61.9 Å². The number of aliphatic imine (C=N–C) groups is 1. The fourth-order valence-corrected chi connectivity index (χ4v) is 6.16. The van der Waals surface area contributed by atoms with Gasteiger partial charge in [0.1, 0.15) is 23.3 Å². The number of benzene rings is 2. The summed E-state index contributed by atoms with van der Waals surface area (Å²) >= 11 is 0. The van der Waals surface area contributed by atoms with Gasteiger partial charge in [0.2, 0.25) is 0 Å². The number of amidine groups is 1. The summed E-state index contributed by atoms with van der Waals surface area (Å²) in [7, 11) is 0.373. The number of halogens is 2. The highest BCUT2D eigenvalue weighted by Crippen LogP contribution is 2.28. The molecule has 0 saturated carbocycles. The Morgan fingerprint density at radius 3 is 2.47 bits per heavy atom. The normalized spacial score (nSPS) is 17.6. The SMILES string of the molecule is CN1CCN(c2ccc(C(=O)N=C(N)c3cc(S(=O)Cc4cc(F)cc(F)c4)cnc3N)c(NC3CCOCC3)c2)CC1. The third-order valence-corrected chi connectivity index (χ3v) is 8.90. The Bertz CT molecular complexity index is 1520. The number of nitrogen functional groups attached to an aromatic ring is 1. The van der Waals surface area contributed by atoms with E-state index in [0.29, 0.717) is 24.5 Å². The molecular weight excluding hydrogens is 576 g/mol. The van der Waals surface area contributed by atoms with Gasteiger partial charge < -0.3 is 31.3 Å². The molecule has 1 amide bonds. The summed E-state index contributed by atoms with van der Waals surface area (Å²) in [5.41, 5.74) is 14.7. The van der Waals surface area contributed by atoms with Gasteiger partial charge in [-0.15, -0.1) is 0 Å². The maximum atomic E-state index is 13.6. The van der Waals surface area contributed by atoms with Crippen molar-refractivity contribution in [3.8, 4) is 0 Å². The molecule has 0 spiro atoms. The second kappa shape index (κ2) is 13.6. The number of nitrogens with one attached hydrogen (secondary N) is 1. The highest BCUT2D eigenvalue weighted by Gasteiger charge is 2.22. The highest BCUT2D eigenvalue weighted by molar-refractivity contribution is 7.84.